The predicted octanol–water partition coefficient (Wildman–Crippen LogP) is 2.49. The molecule has 6 nitrogen and oxygen atoms in total. The molecule has 0 radical (unpaired) electrons. The fourth-order valence-corrected chi connectivity index (χ4v) is 6.13. The van der Waals surface area contributed by atoms with Crippen molar-refractivity contribution < 1.29 is 17.9 Å². The van der Waals surface area contributed by atoms with Crippen molar-refractivity contribution in [2.45, 2.75) is 18.4 Å². The molecule has 1 aliphatic rings. The molecule has 0 spiro atoms. The van der Waals surface area contributed by atoms with E-state index in [0.29, 0.717) is 39.4 Å². The molecule has 3 rings (SSSR count). The minimum absolute atomic E-state index is 0.106. The largest absolute Gasteiger partial charge is 0.379 e. The van der Waals surface area contributed by atoms with E-state index >= 15 is 0 Å². The molecule has 1 fully saturated rings. The standard InChI is InChI=1S/C16H20N2O4S3/c1-2-17(12-13-4-3-10-23-13)16(19)15-14(5-11-24-15)25(20,21)18-6-8-22-9-7-18/h3-5,10-11H,2,6-9,12H2,1H3. The zero-order valence-corrected chi connectivity index (χ0v) is 16.3. The van der Waals surface area contributed by atoms with Crippen LogP contribution in [0.25, 0.3) is 0 Å². The van der Waals surface area contributed by atoms with Crippen molar-refractivity contribution in [1.29, 1.82) is 0 Å². The zero-order chi connectivity index (χ0) is 17.9. The molecule has 2 aromatic rings. The Balaban J connectivity index is 1.85. The molecule has 0 aromatic carbocycles. The first-order valence-electron chi connectivity index (χ1n) is 8.01. The van der Waals surface area contributed by atoms with Crippen molar-refractivity contribution >= 4 is 38.6 Å². The predicted molar refractivity (Wildman–Crippen MR) is 98.6 cm³/mol. The first kappa shape index (κ1) is 18.5. The summed E-state index contributed by atoms with van der Waals surface area (Å²) in [6, 6.07) is 5.44. The molecule has 9 heteroatoms. The van der Waals surface area contributed by atoms with E-state index in [1.165, 1.54) is 21.7 Å². The Hall–Kier alpha value is -1.26. The highest BCUT2D eigenvalue weighted by molar-refractivity contribution is 7.89. The van der Waals surface area contributed by atoms with E-state index < -0.39 is 10.0 Å². The highest BCUT2D eigenvalue weighted by Crippen LogP contribution is 2.28. The van der Waals surface area contributed by atoms with Gasteiger partial charge in [0.1, 0.15) is 9.77 Å². The number of hydrogen-bond acceptors (Lipinski definition) is 6. The number of thiophene rings is 2. The van der Waals surface area contributed by atoms with Gasteiger partial charge in [-0.15, -0.1) is 22.7 Å². The lowest BCUT2D eigenvalue weighted by Gasteiger charge is -2.26. The maximum Gasteiger partial charge on any atom is 0.265 e. The first-order valence-corrected chi connectivity index (χ1v) is 11.2. The van der Waals surface area contributed by atoms with Crippen LogP contribution in [0.3, 0.4) is 0 Å². The number of ether oxygens (including phenoxy) is 1. The maximum atomic E-state index is 12.9. The van der Waals surface area contributed by atoms with E-state index in [4.69, 9.17) is 4.74 Å². The van der Waals surface area contributed by atoms with Gasteiger partial charge in [0, 0.05) is 24.5 Å². The van der Waals surface area contributed by atoms with E-state index in [1.807, 2.05) is 24.4 Å². The number of carbonyl (C=O) groups excluding carboxylic acids is 1. The summed E-state index contributed by atoms with van der Waals surface area (Å²) in [5, 5.41) is 3.63. The molecule has 25 heavy (non-hydrogen) atoms. The maximum absolute atomic E-state index is 12.9. The van der Waals surface area contributed by atoms with Crippen molar-refractivity contribution in [1.82, 2.24) is 9.21 Å². The summed E-state index contributed by atoms with van der Waals surface area (Å²) in [5.41, 5.74) is 0. The van der Waals surface area contributed by atoms with Gasteiger partial charge in [-0.1, -0.05) is 6.07 Å². The Morgan fingerprint density at radius 2 is 2.00 bits per heavy atom. The van der Waals surface area contributed by atoms with E-state index in [-0.39, 0.29) is 15.7 Å². The van der Waals surface area contributed by atoms with E-state index in [2.05, 4.69) is 0 Å². The molecule has 0 bridgehead atoms. The second-order valence-electron chi connectivity index (χ2n) is 5.53. The Labute approximate surface area is 155 Å². The topological polar surface area (TPSA) is 66.9 Å². The van der Waals surface area contributed by atoms with Crippen LogP contribution < -0.4 is 0 Å². The van der Waals surface area contributed by atoms with Crippen molar-refractivity contribution in [3.63, 3.8) is 0 Å². The van der Waals surface area contributed by atoms with Gasteiger partial charge in [0.25, 0.3) is 5.91 Å². The SMILES string of the molecule is CCN(Cc1cccs1)C(=O)c1sccc1S(=O)(=O)N1CCOCC1. The molecular weight excluding hydrogens is 380 g/mol. The number of morpholine rings is 1. The number of rotatable bonds is 6. The summed E-state index contributed by atoms with van der Waals surface area (Å²) in [6.45, 7) is 4.30. The van der Waals surface area contributed by atoms with Gasteiger partial charge in [-0.25, -0.2) is 8.42 Å². The van der Waals surface area contributed by atoms with Crippen LogP contribution >= 0.6 is 22.7 Å². The van der Waals surface area contributed by atoms with Gasteiger partial charge >= 0.3 is 0 Å². The van der Waals surface area contributed by atoms with Gasteiger partial charge < -0.3 is 9.64 Å². The van der Waals surface area contributed by atoms with E-state index in [9.17, 15) is 13.2 Å². The molecule has 3 heterocycles. The van der Waals surface area contributed by atoms with Gasteiger partial charge in [0.15, 0.2) is 0 Å². The molecular formula is C16H20N2O4S3. The van der Waals surface area contributed by atoms with Gasteiger partial charge in [-0.05, 0) is 29.8 Å². The highest BCUT2D eigenvalue weighted by Gasteiger charge is 2.32. The summed E-state index contributed by atoms with van der Waals surface area (Å²) >= 11 is 2.76. The van der Waals surface area contributed by atoms with Crippen LogP contribution in [0.5, 0.6) is 0 Å². The minimum atomic E-state index is -3.68. The first-order chi connectivity index (χ1) is 12.0. The molecule has 2 aromatic heterocycles. The summed E-state index contributed by atoms with van der Waals surface area (Å²) in [4.78, 5) is 16.1. The third kappa shape index (κ3) is 3.95. The van der Waals surface area contributed by atoms with Crippen LogP contribution in [0.4, 0.5) is 0 Å². The lowest BCUT2D eigenvalue weighted by atomic mass is 10.3. The average Bonchev–Trinajstić information content (AvgIpc) is 3.31. The molecule has 0 N–H and O–H groups in total. The van der Waals surface area contributed by atoms with Gasteiger partial charge in [-0.3, -0.25) is 4.79 Å². The summed E-state index contributed by atoms with van der Waals surface area (Å²) < 4.78 is 32.4. The molecule has 1 aliphatic heterocycles. The lowest BCUT2D eigenvalue weighted by molar-refractivity contribution is 0.0726. The average molecular weight is 401 g/mol. The number of carbonyl (C=O) groups is 1. The quantitative estimate of drug-likeness (QED) is 0.747. The minimum Gasteiger partial charge on any atom is -0.379 e. The summed E-state index contributed by atoms with van der Waals surface area (Å²) in [6.07, 6.45) is 0. The lowest BCUT2D eigenvalue weighted by Crippen LogP contribution is -2.41. The summed E-state index contributed by atoms with van der Waals surface area (Å²) in [7, 11) is -3.68. The molecule has 0 atom stereocenters. The van der Waals surface area contributed by atoms with Crippen molar-refractivity contribution in [3.05, 3.63) is 38.7 Å². The van der Waals surface area contributed by atoms with Crippen molar-refractivity contribution in [2.75, 3.05) is 32.8 Å². The Bertz CT molecular complexity index is 808. The van der Waals surface area contributed by atoms with Gasteiger partial charge in [0.05, 0.1) is 19.8 Å². The second-order valence-corrected chi connectivity index (χ2v) is 9.38. The van der Waals surface area contributed by atoms with Crippen LogP contribution in [-0.4, -0.2) is 56.4 Å². The number of amides is 1. The molecule has 0 aliphatic carbocycles. The van der Waals surface area contributed by atoms with Crippen LogP contribution in [0.2, 0.25) is 0 Å². The monoisotopic (exact) mass is 400 g/mol. The molecule has 0 saturated carbocycles. The van der Waals surface area contributed by atoms with Crippen LogP contribution in [0.1, 0.15) is 21.5 Å². The fraction of sp³-hybridized carbons (Fsp3) is 0.438. The number of hydrogen-bond donors (Lipinski definition) is 0. The summed E-state index contributed by atoms with van der Waals surface area (Å²) in [5.74, 6) is -0.238. The molecule has 1 saturated heterocycles. The Morgan fingerprint density at radius 1 is 1.24 bits per heavy atom. The van der Waals surface area contributed by atoms with Crippen LogP contribution in [0.15, 0.2) is 33.9 Å². The van der Waals surface area contributed by atoms with Crippen molar-refractivity contribution in [2.24, 2.45) is 0 Å². The zero-order valence-electron chi connectivity index (χ0n) is 13.9. The number of nitrogens with zero attached hydrogens (tertiary/aromatic N) is 2. The third-order valence-corrected chi connectivity index (χ3v) is 7.84. The highest BCUT2D eigenvalue weighted by atomic mass is 32.2. The van der Waals surface area contributed by atoms with Crippen LogP contribution in [-0.2, 0) is 21.3 Å². The number of sulfonamides is 1. The van der Waals surface area contributed by atoms with Gasteiger partial charge in [-0.2, -0.15) is 4.31 Å². The Kier molecular flexibility index (Phi) is 5.90. The van der Waals surface area contributed by atoms with Crippen molar-refractivity contribution in [3.8, 4) is 0 Å². The van der Waals surface area contributed by atoms with E-state index in [0.717, 1.165) is 4.88 Å². The van der Waals surface area contributed by atoms with E-state index in [1.54, 1.807) is 21.6 Å². The molecule has 1 amide bonds. The smallest absolute Gasteiger partial charge is 0.265 e. The third-order valence-electron chi connectivity index (χ3n) is 4.01. The molecule has 0 unspecified atom stereocenters. The van der Waals surface area contributed by atoms with Crippen LogP contribution in [0, 0.1) is 0 Å². The fourth-order valence-electron chi connectivity index (χ4n) is 2.64. The molecule has 136 valence electrons. The normalized spacial score (nSPS) is 16.0. The Morgan fingerprint density at radius 3 is 2.64 bits per heavy atom. The second kappa shape index (κ2) is 7.96. The van der Waals surface area contributed by atoms with Gasteiger partial charge in [0.2, 0.25) is 10.0 Å².